The molecule has 0 aliphatic carbocycles. The number of H-pyrrole nitrogens is 1. The number of halogens is 2. The highest BCUT2D eigenvalue weighted by molar-refractivity contribution is 5.80. The fourth-order valence-corrected chi connectivity index (χ4v) is 3.38. The van der Waals surface area contributed by atoms with Crippen LogP contribution in [0.4, 0.5) is 8.78 Å². The number of nitrogens with one attached hydrogen (secondary N) is 1. The Hall–Kier alpha value is -3.94. The van der Waals surface area contributed by atoms with E-state index in [4.69, 9.17) is 0 Å². The van der Waals surface area contributed by atoms with E-state index in [1.165, 1.54) is 18.5 Å². The van der Waals surface area contributed by atoms with Crippen molar-refractivity contribution in [1.29, 1.82) is 0 Å². The minimum atomic E-state index is -0.915. The van der Waals surface area contributed by atoms with E-state index in [-0.39, 0.29) is 5.56 Å². The highest BCUT2D eigenvalue weighted by Gasteiger charge is 2.20. The van der Waals surface area contributed by atoms with Crippen LogP contribution in [-0.4, -0.2) is 31.2 Å². The monoisotopic (exact) mass is 402 g/mol. The third-order valence-electron chi connectivity index (χ3n) is 4.91. The lowest BCUT2D eigenvalue weighted by molar-refractivity contribution is 0.265. The van der Waals surface area contributed by atoms with Crippen LogP contribution in [0.15, 0.2) is 66.3 Å². The van der Waals surface area contributed by atoms with Gasteiger partial charge in [-0.15, -0.1) is 0 Å². The van der Waals surface area contributed by atoms with E-state index in [0.717, 1.165) is 28.5 Å². The number of rotatable bonds is 4. The first-order chi connectivity index (χ1) is 14.7. The van der Waals surface area contributed by atoms with Gasteiger partial charge in [-0.2, -0.15) is 5.10 Å². The predicted molar refractivity (Wildman–Crippen MR) is 108 cm³/mol. The third-order valence-corrected chi connectivity index (χ3v) is 4.91. The summed E-state index contributed by atoms with van der Waals surface area (Å²) in [5, 5.41) is 6.31. The van der Waals surface area contributed by atoms with Crippen molar-refractivity contribution in [2.45, 2.75) is 13.1 Å². The molecule has 1 N–H and O–H groups in total. The van der Waals surface area contributed by atoms with Crippen molar-refractivity contribution in [1.82, 2.24) is 24.9 Å². The van der Waals surface area contributed by atoms with Gasteiger partial charge < -0.3 is 4.98 Å². The molecule has 4 aromatic rings. The fraction of sp³-hybridized carbons (Fsp3) is 0.0909. The zero-order chi connectivity index (χ0) is 20.5. The lowest BCUT2D eigenvalue weighted by Gasteiger charge is -2.21. The van der Waals surface area contributed by atoms with Gasteiger partial charge in [0.2, 0.25) is 0 Å². The van der Waals surface area contributed by atoms with Crippen molar-refractivity contribution < 1.29 is 8.78 Å². The lowest BCUT2D eigenvalue weighted by Crippen LogP contribution is -2.21. The number of hydrazone groups is 1. The number of aromatic nitrogens is 4. The number of hydrogen-bond donors (Lipinski definition) is 1. The maximum Gasteiger partial charge on any atom is 0.169 e. The van der Waals surface area contributed by atoms with Gasteiger partial charge in [0.15, 0.2) is 11.6 Å². The van der Waals surface area contributed by atoms with Gasteiger partial charge in [-0.1, -0.05) is 30.3 Å². The quantitative estimate of drug-likeness (QED) is 0.556. The maximum absolute atomic E-state index is 14.1. The van der Waals surface area contributed by atoms with Gasteiger partial charge >= 0.3 is 0 Å². The van der Waals surface area contributed by atoms with Gasteiger partial charge in [-0.05, 0) is 23.3 Å². The molecule has 2 aromatic carbocycles. The molecule has 1 aliphatic rings. The zero-order valence-electron chi connectivity index (χ0n) is 15.8. The van der Waals surface area contributed by atoms with E-state index in [2.05, 4.69) is 25.0 Å². The highest BCUT2D eigenvalue weighted by atomic mass is 19.2. The van der Waals surface area contributed by atoms with Gasteiger partial charge in [-0.25, -0.2) is 23.7 Å². The molecule has 0 spiro atoms. The van der Waals surface area contributed by atoms with Crippen molar-refractivity contribution in [3.63, 3.8) is 0 Å². The van der Waals surface area contributed by atoms with E-state index in [0.29, 0.717) is 24.6 Å². The average Bonchev–Trinajstić information content (AvgIpc) is 3.20. The Morgan fingerprint density at radius 1 is 0.967 bits per heavy atom. The van der Waals surface area contributed by atoms with E-state index in [1.807, 2.05) is 29.3 Å². The SMILES string of the molecule is Fc1cccc(-c2nc3c([nH]2)CN(Cc2ccc(-c4cncnc4)cc2)N=C3)c1F. The number of imidazole rings is 1. The summed E-state index contributed by atoms with van der Waals surface area (Å²) in [6, 6.07) is 12.2. The summed E-state index contributed by atoms with van der Waals surface area (Å²) in [7, 11) is 0. The molecule has 2 aromatic heterocycles. The number of hydrogen-bond acceptors (Lipinski definition) is 5. The Morgan fingerprint density at radius 3 is 2.57 bits per heavy atom. The molecule has 0 unspecified atom stereocenters. The first-order valence-electron chi connectivity index (χ1n) is 9.34. The summed E-state index contributed by atoms with van der Waals surface area (Å²) < 4.78 is 27.6. The molecule has 1 aliphatic heterocycles. The molecule has 0 saturated heterocycles. The Morgan fingerprint density at radius 2 is 1.77 bits per heavy atom. The van der Waals surface area contributed by atoms with Crippen molar-refractivity contribution in [2.24, 2.45) is 5.10 Å². The van der Waals surface area contributed by atoms with Crippen molar-refractivity contribution in [3.05, 3.63) is 89.8 Å². The van der Waals surface area contributed by atoms with Gasteiger partial charge in [0.1, 0.15) is 17.8 Å². The van der Waals surface area contributed by atoms with Crippen LogP contribution in [0.5, 0.6) is 0 Å². The van der Waals surface area contributed by atoms with Gasteiger partial charge in [0.05, 0.1) is 30.6 Å². The van der Waals surface area contributed by atoms with Crippen LogP contribution in [0.1, 0.15) is 17.0 Å². The maximum atomic E-state index is 14.1. The molecule has 0 bridgehead atoms. The Balaban J connectivity index is 1.32. The zero-order valence-corrected chi connectivity index (χ0v) is 15.8. The highest BCUT2D eigenvalue weighted by Crippen LogP contribution is 2.25. The molecule has 0 atom stereocenters. The summed E-state index contributed by atoms with van der Waals surface area (Å²) in [5.41, 5.74) is 4.63. The van der Waals surface area contributed by atoms with Crippen LogP contribution < -0.4 is 0 Å². The molecular formula is C22H16F2N6. The molecule has 3 heterocycles. The first-order valence-corrected chi connectivity index (χ1v) is 9.34. The van der Waals surface area contributed by atoms with Gasteiger partial charge in [0.25, 0.3) is 0 Å². The van der Waals surface area contributed by atoms with E-state index in [9.17, 15) is 8.78 Å². The molecule has 0 fully saturated rings. The summed E-state index contributed by atoms with van der Waals surface area (Å²) in [6.07, 6.45) is 6.68. The largest absolute Gasteiger partial charge is 0.340 e. The molecular weight excluding hydrogens is 386 g/mol. The minimum absolute atomic E-state index is 0.102. The van der Waals surface area contributed by atoms with Crippen LogP contribution in [0.3, 0.4) is 0 Å². The number of nitrogens with zero attached hydrogens (tertiary/aromatic N) is 5. The molecule has 0 radical (unpaired) electrons. The second-order valence-corrected chi connectivity index (χ2v) is 6.94. The summed E-state index contributed by atoms with van der Waals surface area (Å²) in [5.74, 6) is -1.52. The molecule has 30 heavy (non-hydrogen) atoms. The molecule has 5 rings (SSSR count). The summed E-state index contributed by atoms with van der Waals surface area (Å²) in [4.78, 5) is 15.5. The van der Waals surface area contributed by atoms with Crippen LogP contribution in [-0.2, 0) is 13.1 Å². The fourth-order valence-electron chi connectivity index (χ4n) is 3.38. The van der Waals surface area contributed by atoms with E-state index in [1.54, 1.807) is 18.6 Å². The number of aromatic amines is 1. The second-order valence-electron chi connectivity index (χ2n) is 6.94. The van der Waals surface area contributed by atoms with E-state index < -0.39 is 11.6 Å². The Bertz CT molecular complexity index is 1220. The minimum Gasteiger partial charge on any atom is -0.340 e. The van der Waals surface area contributed by atoms with Gasteiger partial charge in [0, 0.05) is 18.0 Å². The number of fused-ring (bicyclic) bond motifs is 1. The van der Waals surface area contributed by atoms with Crippen LogP contribution in [0.25, 0.3) is 22.5 Å². The van der Waals surface area contributed by atoms with Crippen molar-refractivity contribution in [2.75, 3.05) is 0 Å². The average molecular weight is 402 g/mol. The van der Waals surface area contributed by atoms with Crippen LogP contribution in [0, 0.1) is 11.6 Å². The predicted octanol–water partition coefficient (Wildman–Crippen LogP) is 4.16. The first kappa shape index (κ1) is 18.1. The second kappa shape index (κ2) is 7.47. The Labute approximate surface area is 171 Å². The molecule has 6 nitrogen and oxygen atoms in total. The topological polar surface area (TPSA) is 70.1 Å². The summed E-state index contributed by atoms with van der Waals surface area (Å²) >= 11 is 0. The molecule has 148 valence electrons. The standard InChI is InChI=1S/C22H16F2N6/c23-18-3-1-2-17(21(18)24)22-28-19-10-27-30(12-20(19)29-22)11-14-4-6-15(7-5-14)16-8-25-13-26-9-16/h1-10,13H,11-12H2,(H,28,29). The molecule has 8 heteroatoms. The Kier molecular flexibility index (Phi) is 4.51. The number of benzene rings is 2. The van der Waals surface area contributed by atoms with E-state index >= 15 is 0 Å². The van der Waals surface area contributed by atoms with Crippen molar-refractivity contribution in [3.8, 4) is 22.5 Å². The van der Waals surface area contributed by atoms with Crippen molar-refractivity contribution >= 4 is 6.21 Å². The third kappa shape index (κ3) is 3.43. The molecule has 0 amide bonds. The van der Waals surface area contributed by atoms with Crippen LogP contribution in [0.2, 0.25) is 0 Å². The lowest BCUT2D eigenvalue weighted by atomic mass is 10.1. The normalized spacial score (nSPS) is 12.8. The van der Waals surface area contributed by atoms with Gasteiger partial charge in [-0.3, -0.25) is 5.01 Å². The summed E-state index contributed by atoms with van der Waals surface area (Å²) in [6.45, 7) is 1.09. The molecule has 0 saturated carbocycles. The van der Waals surface area contributed by atoms with Crippen LogP contribution >= 0.6 is 0 Å². The smallest absolute Gasteiger partial charge is 0.169 e.